The minimum Gasteiger partial charge on any atom is -0.379 e. The van der Waals surface area contributed by atoms with Crippen molar-refractivity contribution in [2.24, 2.45) is 0 Å². The van der Waals surface area contributed by atoms with Crippen LogP contribution in [0.25, 0.3) is 0 Å². The van der Waals surface area contributed by atoms with Crippen LogP contribution in [0.2, 0.25) is 0 Å². The molecular formula is C11H16O4S. The molecule has 0 fully saturated rings. The van der Waals surface area contributed by atoms with Crippen molar-refractivity contribution in [3.63, 3.8) is 0 Å². The average Bonchev–Trinajstić information content (AvgIpc) is 2.24. The first-order valence-corrected chi connectivity index (χ1v) is 6.51. The second kappa shape index (κ2) is 5.98. The van der Waals surface area contributed by atoms with Gasteiger partial charge in [0.25, 0.3) is 10.1 Å². The Bertz CT molecular complexity index is 425. The fourth-order valence-corrected chi connectivity index (χ4v) is 2.18. The predicted octanol–water partition coefficient (Wildman–Crippen LogP) is 1.74. The molecule has 0 radical (unpaired) electrons. The zero-order valence-corrected chi connectivity index (χ0v) is 10.3. The van der Waals surface area contributed by atoms with Crippen molar-refractivity contribution in [1.29, 1.82) is 0 Å². The minimum absolute atomic E-state index is 0.0457. The first-order chi connectivity index (χ1) is 7.56. The number of hydrogen-bond acceptors (Lipinski definition) is 4. The first kappa shape index (κ1) is 13.2. The van der Waals surface area contributed by atoms with Gasteiger partial charge in [-0.25, -0.2) is 0 Å². The molecule has 0 spiro atoms. The molecule has 0 unspecified atom stereocenters. The normalized spacial score (nSPS) is 11.6. The summed E-state index contributed by atoms with van der Waals surface area (Å²) in [5.41, 5.74) is 0.884. The Labute approximate surface area is 96.3 Å². The van der Waals surface area contributed by atoms with E-state index in [1.165, 1.54) is 6.07 Å². The highest BCUT2D eigenvalue weighted by Gasteiger charge is 2.14. The fourth-order valence-electron chi connectivity index (χ4n) is 1.19. The summed E-state index contributed by atoms with van der Waals surface area (Å²) in [4.78, 5) is 0.184. The Balaban J connectivity index is 2.64. The Morgan fingerprint density at radius 3 is 2.62 bits per heavy atom. The van der Waals surface area contributed by atoms with Gasteiger partial charge in [-0.1, -0.05) is 12.1 Å². The number of aryl methyl sites for hydroxylation is 1. The summed E-state index contributed by atoms with van der Waals surface area (Å²) in [5.74, 6) is 0. The van der Waals surface area contributed by atoms with Crippen LogP contribution in [-0.2, 0) is 19.0 Å². The molecule has 0 aliphatic carbocycles. The quantitative estimate of drug-likeness (QED) is 0.565. The van der Waals surface area contributed by atoms with E-state index in [1.54, 1.807) is 12.1 Å². The Kier molecular flexibility index (Phi) is 4.92. The zero-order valence-electron chi connectivity index (χ0n) is 9.47. The predicted molar refractivity (Wildman–Crippen MR) is 60.8 cm³/mol. The molecule has 0 amide bonds. The van der Waals surface area contributed by atoms with Crippen LogP contribution in [0.4, 0.5) is 0 Å². The van der Waals surface area contributed by atoms with E-state index in [-0.39, 0.29) is 18.1 Å². The molecule has 0 saturated carbocycles. The molecule has 0 saturated heterocycles. The standard InChI is InChI=1S/C11H16O4S/c1-3-14-7-8-15-16(12,13)11-6-4-5-10(2)9-11/h4-6,9H,3,7-8H2,1-2H3. The molecule has 90 valence electrons. The number of ether oxygens (including phenoxy) is 1. The molecule has 0 atom stereocenters. The van der Waals surface area contributed by atoms with Gasteiger partial charge in [-0.05, 0) is 31.5 Å². The van der Waals surface area contributed by atoms with Gasteiger partial charge >= 0.3 is 0 Å². The second-order valence-electron chi connectivity index (χ2n) is 3.29. The maximum atomic E-state index is 11.7. The van der Waals surface area contributed by atoms with Crippen molar-refractivity contribution in [3.05, 3.63) is 29.8 Å². The van der Waals surface area contributed by atoms with Gasteiger partial charge in [0.1, 0.15) is 0 Å². The van der Waals surface area contributed by atoms with Gasteiger partial charge in [0.2, 0.25) is 0 Å². The van der Waals surface area contributed by atoms with Crippen LogP contribution >= 0.6 is 0 Å². The van der Waals surface area contributed by atoms with Gasteiger partial charge in [-0.2, -0.15) is 8.42 Å². The first-order valence-electron chi connectivity index (χ1n) is 5.10. The van der Waals surface area contributed by atoms with Crippen LogP contribution in [-0.4, -0.2) is 28.2 Å². The largest absolute Gasteiger partial charge is 0.379 e. The van der Waals surface area contributed by atoms with Crippen molar-refractivity contribution < 1.29 is 17.3 Å². The van der Waals surface area contributed by atoms with E-state index in [9.17, 15) is 8.42 Å². The molecular weight excluding hydrogens is 228 g/mol. The molecule has 0 aromatic heterocycles. The molecule has 16 heavy (non-hydrogen) atoms. The zero-order chi connectivity index (χ0) is 12.0. The fraction of sp³-hybridized carbons (Fsp3) is 0.455. The molecule has 0 aliphatic heterocycles. The lowest BCUT2D eigenvalue weighted by Gasteiger charge is -2.06. The van der Waals surface area contributed by atoms with Crippen LogP contribution in [0.15, 0.2) is 29.2 Å². The summed E-state index contributed by atoms with van der Waals surface area (Å²) < 4.78 is 33.2. The summed E-state index contributed by atoms with van der Waals surface area (Å²) in [7, 11) is -3.64. The third-order valence-corrected chi connectivity index (χ3v) is 3.26. The van der Waals surface area contributed by atoms with Crippen molar-refractivity contribution in [1.82, 2.24) is 0 Å². The van der Waals surface area contributed by atoms with Crippen molar-refractivity contribution in [2.45, 2.75) is 18.7 Å². The lowest BCUT2D eigenvalue weighted by Crippen LogP contribution is -2.11. The molecule has 1 rings (SSSR count). The minimum atomic E-state index is -3.64. The smallest absolute Gasteiger partial charge is 0.297 e. The molecule has 1 aromatic carbocycles. The van der Waals surface area contributed by atoms with E-state index < -0.39 is 10.1 Å². The highest BCUT2D eigenvalue weighted by molar-refractivity contribution is 7.86. The highest BCUT2D eigenvalue weighted by Crippen LogP contribution is 2.13. The maximum Gasteiger partial charge on any atom is 0.297 e. The van der Waals surface area contributed by atoms with E-state index in [2.05, 4.69) is 0 Å². The lowest BCUT2D eigenvalue weighted by molar-refractivity contribution is 0.112. The average molecular weight is 244 g/mol. The van der Waals surface area contributed by atoms with Crippen LogP contribution in [0.3, 0.4) is 0 Å². The molecule has 0 N–H and O–H groups in total. The lowest BCUT2D eigenvalue weighted by atomic mass is 10.2. The third-order valence-electron chi connectivity index (χ3n) is 1.95. The number of hydrogen-bond donors (Lipinski definition) is 0. The van der Waals surface area contributed by atoms with Crippen LogP contribution in [0.5, 0.6) is 0 Å². The Hall–Kier alpha value is -0.910. The maximum absolute atomic E-state index is 11.7. The second-order valence-corrected chi connectivity index (χ2v) is 4.90. The van der Waals surface area contributed by atoms with E-state index in [0.29, 0.717) is 6.61 Å². The number of benzene rings is 1. The van der Waals surface area contributed by atoms with Gasteiger partial charge in [0.15, 0.2) is 0 Å². The summed E-state index contributed by atoms with van der Waals surface area (Å²) >= 11 is 0. The SMILES string of the molecule is CCOCCOS(=O)(=O)c1cccc(C)c1. The van der Waals surface area contributed by atoms with Crippen molar-refractivity contribution in [3.8, 4) is 0 Å². The Morgan fingerprint density at radius 1 is 1.25 bits per heavy atom. The molecule has 5 heteroatoms. The topological polar surface area (TPSA) is 52.6 Å². The number of rotatable bonds is 6. The van der Waals surface area contributed by atoms with Gasteiger partial charge in [0.05, 0.1) is 18.1 Å². The Morgan fingerprint density at radius 2 is 2.00 bits per heavy atom. The van der Waals surface area contributed by atoms with Gasteiger partial charge < -0.3 is 4.74 Å². The molecule has 4 nitrogen and oxygen atoms in total. The summed E-state index contributed by atoms with van der Waals surface area (Å²) in [5, 5.41) is 0. The summed E-state index contributed by atoms with van der Waals surface area (Å²) in [6.45, 7) is 4.55. The van der Waals surface area contributed by atoms with Crippen LogP contribution < -0.4 is 0 Å². The van der Waals surface area contributed by atoms with E-state index in [1.807, 2.05) is 19.9 Å². The molecule has 0 bridgehead atoms. The molecule has 1 aromatic rings. The van der Waals surface area contributed by atoms with Gasteiger partial charge in [-0.15, -0.1) is 0 Å². The van der Waals surface area contributed by atoms with E-state index >= 15 is 0 Å². The third kappa shape index (κ3) is 3.92. The van der Waals surface area contributed by atoms with Crippen LogP contribution in [0, 0.1) is 6.92 Å². The molecule has 0 heterocycles. The monoisotopic (exact) mass is 244 g/mol. The molecule has 0 aliphatic rings. The van der Waals surface area contributed by atoms with Crippen LogP contribution in [0.1, 0.15) is 12.5 Å². The summed E-state index contributed by atoms with van der Waals surface area (Å²) in [6, 6.07) is 6.62. The van der Waals surface area contributed by atoms with Crippen molar-refractivity contribution in [2.75, 3.05) is 19.8 Å². The van der Waals surface area contributed by atoms with Gasteiger partial charge in [0, 0.05) is 6.61 Å². The van der Waals surface area contributed by atoms with Gasteiger partial charge in [-0.3, -0.25) is 4.18 Å². The highest BCUT2D eigenvalue weighted by atomic mass is 32.2. The van der Waals surface area contributed by atoms with E-state index in [4.69, 9.17) is 8.92 Å². The summed E-state index contributed by atoms with van der Waals surface area (Å²) in [6.07, 6.45) is 0. The van der Waals surface area contributed by atoms with Crippen molar-refractivity contribution >= 4 is 10.1 Å². The van der Waals surface area contributed by atoms with E-state index in [0.717, 1.165) is 5.56 Å².